The summed E-state index contributed by atoms with van der Waals surface area (Å²) in [7, 11) is 3.16. The molecule has 9 heteroatoms. The van der Waals surface area contributed by atoms with E-state index in [1.807, 2.05) is 65.3 Å². The van der Waals surface area contributed by atoms with Crippen LogP contribution in [0.15, 0.2) is 48.5 Å². The largest absolute Gasteiger partial charge is 0.497 e. The van der Waals surface area contributed by atoms with E-state index in [0.717, 1.165) is 61.2 Å². The predicted octanol–water partition coefficient (Wildman–Crippen LogP) is 4.56. The molecule has 0 saturated carbocycles. The molecular formula is C29H37N5O4. The Hall–Kier alpha value is -3.72. The zero-order chi connectivity index (χ0) is 26.9. The molecule has 0 spiro atoms. The summed E-state index contributed by atoms with van der Waals surface area (Å²) >= 11 is 0. The number of benzene rings is 2. The van der Waals surface area contributed by atoms with E-state index in [-0.39, 0.29) is 18.4 Å². The number of methoxy groups -OCH3 is 2. The number of anilines is 1. The van der Waals surface area contributed by atoms with Crippen LogP contribution in [0.25, 0.3) is 5.69 Å². The van der Waals surface area contributed by atoms with Gasteiger partial charge in [-0.25, -0.2) is 4.68 Å². The van der Waals surface area contributed by atoms with Crippen molar-refractivity contribution in [2.75, 3.05) is 38.8 Å². The molecule has 0 aliphatic carbocycles. The van der Waals surface area contributed by atoms with Crippen molar-refractivity contribution in [1.29, 1.82) is 0 Å². The number of carbonyl (C=O) groups is 2. The summed E-state index contributed by atoms with van der Waals surface area (Å²) in [6.07, 6.45) is 6.17. The zero-order valence-electron chi connectivity index (χ0n) is 22.6. The van der Waals surface area contributed by atoms with Gasteiger partial charge in [0.15, 0.2) is 5.69 Å². The Balaban J connectivity index is 1.65. The molecule has 1 aliphatic heterocycles. The number of para-hydroxylation sites is 1. The molecule has 0 atom stereocenters. The number of nitrogens with zero attached hydrogens (tertiary/aromatic N) is 5. The van der Waals surface area contributed by atoms with Crippen molar-refractivity contribution < 1.29 is 19.1 Å². The second kappa shape index (κ2) is 13.2. The van der Waals surface area contributed by atoms with E-state index in [2.05, 4.69) is 10.3 Å². The maximum Gasteiger partial charge on any atom is 0.276 e. The summed E-state index contributed by atoms with van der Waals surface area (Å²) in [5.74, 6) is 0.502. The van der Waals surface area contributed by atoms with E-state index < -0.39 is 0 Å². The normalized spacial score (nSPS) is 15.1. The SMILES string of the molecule is COCC(=O)N1CCCCCCCCN(C(=O)c2nnn(-c3ccc(OC)cc3)c2C)Cc2ccccc21. The summed E-state index contributed by atoms with van der Waals surface area (Å²) < 4.78 is 12.1. The molecule has 0 unspecified atom stereocenters. The number of aromatic nitrogens is 3. The fraction of sp³-hybridized carbons (Fsp3) is 0.448. The highest BCUT2D eigenvalue weighted by atomic mass is 16.5. The minimum atomic E-state index is -0.165. The van der Waals surface area contributed by atoms with Crippen LogP contribution in [0.3, 0.4) is 0 Å². The molecule has 0 N–H and O–H groups in total. The molecule has 3 aromatic rings. The molecular weight excluding hydrogens is 482 g/mol. The van der Waals surface area contributed by atoms with Gasteiger partial charge in [-0.05, 0) is 55.7 Å². The van der Waals surface area contributed by atoms with E-state index in [4.69, 9.17) is 9.47 Å². The Bertz CT molecular complexity index is 1220. The van der Waals surface area contributed by atoms with Gasteiger partial charge in [0.1, 0.15) is 12.4 Å². The van der Waals surface area contributed by atoms with Crippen molar-refractivity contribution in [2.45, 2.75) is 52.0 Å². The second-order valence-electron chi connectivity index (χ2n) is 9.59. The highest BCUT2D eigenvalue weighted by Gasteiger charge is 2.26. The lowest BCUT2D eigenvalue weighted by Crippen LogP contribution is -2.37. The summed E-state index contributed by atoms with van der Waals surface area (Å²) in [6.45, 7) is 3.49. The van der Waals surface area contributed by atoms with Gasteiger partial charge < -0.3 is 19.3 Å². The van der Waals surface area contributed by atoms with Gasteiger partial charge in [0.05, 0.1) is 18.5 Å². The lowest BCUT2D eigenvalue weighted by Gasteiger charge is -2.28. The average Bonchev–Trinajstić information content (AvgIpc) is 3.33. The molecule has 2 amide bonds. The van der Waals surface area contributed by atoms with Crippen LogP contribution >= 0.6 is 0 Å². The van der Waals surface area contributed by atoms with Crippen LogP contribution in [0.5, 0.6) is 5.75 Å². The molecule has 0 saturated heterocycles. The molecule has 4 rings (SSSR count). The van der Waals surface area contributed by atoms with Crippen LogP contribution in [0.2, 0.25) is 0 Å². The van der Waals surface area contributed by atoms with Gasteiger partial charge in [0.2, 0.25) is 0 Å². The fourth-order valence-electron chi connectivity index (χ4n) is 4.87. The van der Waals surface area contributed by atoms with E-state index in [9.17, 15) is 9.59 Å². The van der Waals surface area contributed by atoms with Crippen LogP contribution in [-0.4, -0.2) is 65.6 Å². The molecule has 202 valence electrons. The second-order valence-corrected chi connectivity index (χ2v) is 9.59. The maximum absolute atomic E-state index is 13.9. The van der Waals surface area contributed by atoms with Crippen LogP contribution in [0.4, 0.5) is 5.69 Å². The third-order valence-corrected chi connectivity index (χ3v) is 6.97. The lowest BCUT2D eigenvalue weighted by molar-refractivity contribution is -0.122. The molecule has 38 heavy (non-hydrogen) atoms. The van der Waals surface area contributed by atoms with Crippen LogP contribution in [0, 0.1) is 6.92 Å². The molecule has 1 aliphatic rings. The number of carbonyl (C=O) groups excluding carboxylic acids is 2. The first-order valence-electron chi connectivity index (χ1n) is 13.3. The lowest BCUT2D eigenvalue weighted by atomic mass is 10.1. The van der Waals surface area contributed by atoms with Crippen LogP contribution in [-0.2, 0) is 16.1 Å². The Morgan fingerprint density at radius 1 is 0.895 bits per heavy atom. The highest BCUT2D eigenvalue weighted by Crippen LogP contribution is 2.26. The maximum atomic E-state index is 13.9. The van der Waals surface area contributed by atoms with Crippen molar-refractivity contribution >= 4 is 17.5 Å². The standard InChI is InChI=1S/C29H37N5O4/c1-22-28(30-31-34(22)24-14-16-25(38-3)17-15-24)29(36)32-18-10-6-4-5-7-11-19-33(27(35)21-37-2)26-13-9-8-12-23(26)20-32/h8-9,12-17H,4-7,10-11,18-21H2,1-3H3. The molecule has 1 aromatic heterocycles. The van der Waals surface area contributed by atoms with Crippen LogP contribution < -0.4 is 9.64 Å². The van der Waals surface area contributed by atoms with Gasteiger partial charge in [-0.15, -0.1) is 5.10 Å². The van der Waals surface area contributed by atoms with Crippen LogP contribution in [0.1, 0.15) is 60.3 Å². The molecule has 0 radical (unpaired) electrons. The third-order valence-electron chi connectivity index (χ3n) is 6.97. The number of amides is 2. The smallest absolute Gasteiger partial charge is 0.276 e. The van der Waals surface area contributed by atoms with Crippen molar-refractivity contribution in [3.8, 4) is 11.4 Å². The minimum Gasteiger partial charge on any atom is -0.497 e. The van der Waals surface area contributed by atoms with Crippen molar-refractivity contribution in [2.24, 2.45) is 0 Å². The molecule has 9 nitrogen and oxygen atoms in total. The van der Waals surface area contributed by atoms with E-state index in [1.54, 1.807) is 11.8 Å². The number of ether oxygens (including phenoxy) is 2. The number of hydrogen-bond donors (Lipinski definition) is 0. The van der Waals surface area contributed by atoms with E-state index in [0.29, 0.717) is 31.0 Å². The van der Waals surface area contributed by atoms with Gasteiger partial charge >= 0.3 is 0 Å². The number of hydrogen-bond acceptors (Lipinski definition) is 6. The highest BCUT2D eigenvalue weighted by molar-refractivity contribution is 5.96. The van der Waals surface area contributed by atoms with E-state index in [1.165, 1.54) is 7.11 Å². The topological polar surface area (TPSA) is 89.8 Å². The zero-order valence-corrected chi connectivity index (χ0v) is 22.6. The fourth-order valence-corrected chi connectivity index (χ4v) is 4.87. The summed E-state index contributed by atoms with van der Waals surface area (Å²) in [5.41, 5.74) is 3.55. The van der Waals surface area contributed by atoms with Gasteiger partial charge in [0.25, 0.3) is 11.8 Å². The Kier molecular flexibility index (Phi) is 9.48. The quantitative estimate of drug-likeness (QED) is 0.491. The number of rotatable bonds is 5. The van der Waals surface area contributed by atoms with Gasteiger partial charge in [-0.2, -0.15) is 0 Å². The first kappa shape index (κ1) is 27.3. The minimum absolute atomic E-state index is 0.0185. The molecule has 0 fully saturated rings. The Morgan fingerprint density at radius 2 is 1.58 bits per heavy atom. The Morgan fingerprint density at radius 3 is 2.29 bits per heavy atom. The van der Waals surface area contributed by atoms with Gasteiger partial charge in [0, 0.05) is 32.4 Å². The summed E-state index contributed by atoms with van der Waals surface area (Å²) in [5, 5.41) is 8.57. The first-order valence-corrected chi connectivity index (χ1v) is 13.3. The first-order chi connectivity index (χ1) is 18.5. The Labute approximate surface area is 224 Å². The molecule has 0 bridgehead atoms. The molecule has 2 aromatic carbocycles. The van der Waals surface area contributed by atoms with E-state index >= 15 is 0 Å². The monoisotopic (exact) mass is 519 g/mol. The summed E-state index contributed by atoms with van der Waals surface area (Å²) in [4.78, 5) is 30.5. The number of fused-ring (bicyclic) bond motifs is 1. The molecule has 2 heterocycles. The summed E-state index contributed by atoms with van der Waals surface area (Å²) in [6, 6.07) is 15.3. The third kappa shape index (κ3) is 6.39. The van der Waals surface area contributed by atoms with Gasteiger partial charge in [-0.1, -0.05) is 49.1 Å². The van der Waals surface area contributed by atoms with Gasteiger partial charge in [-0.3, -0.25) is 9.59 Å². The van der Waals surface area contributed by atoms with Crippen molar-refractivity contribution in [3.05, 3.63) is 65.5 Å². The van der Waals surface area contributed by atoms with Crippen molar-refractivity contribution in [3.63, 3.8) is 0 Å². The average molecular weight is 520 g/mol. The predicted molar refractivity (Wildman–Crippen MR) is 146 cm³/mol. The van der Waals surface area contributed by atoms with Crippen molar-refractivity contribution in [1.82, 2.24) is 19.9 Å².